The van der Waals surface area contributed by atoms with Gasteiger partial charge in [0.2, 0.25) is 10.0 Å². The van der Waals surface area contributed by atoms with Crippen molar-refractivity contribution >= 4 is 21.7 Å². The van der Waals surface area contributed by atoms with E-state index in [0.717, 1.165) is 11.1 Å². The first-order valence-electron chi connectivity index (χ1n) is 8.43. The Morgan fingerprint density at radius 2 is 1.54 bits per heavy atom. The molecule has 0 aliphatic heterocycles. The van der Waals surface area contributed by atoms with Crippen molar-refractivity contribution in [3.8, 4) is 11.1 Å². The van der Waals surface area contributed by atoms with Gasteiger partial charge in [-0.15, -0.1) is 0 Å². The number of nitrogens with one attached hydrogen (secondary N) is 1. The van der Waals surface area contributed by atoms with Gasteiger partial charge in [0.1, 0.15) is 5.82 Å². The highest BCUT2D eigenvalue weighted by molar-refractivity contribution is 7.91. The Kier molecular flexibility index (Phi) is 5.46. The minimum Gasteiger partial charge on any atom is -0.478 e. The Morgan fingerprint density at radius 3 is 2.07 bits per heavy atom. The number of aryl methyl sites for hydroxylation is 1. The van der Waals surface area contributed by atoms with Gasteiger partial charge in [-0.2, -0.15) is 0 Å². The van der Waals surface area contributed by atoms with Crippen LogP contribution in [0, 0.1) is 12.7 Å². The quantitative estimate of drug-likeness (QED) is 0.642. The molecule has 0 aliphatic carbocycles. The molecule has 0 atom stereocenters. The lowest BCUT2D eigenvalue weighted by Gasteiger charge is -2.10. The third kappa shape index (κ3) is 4.75. The summed E-state index contributed by atoms with van der Waals surface area (Å²) in [5, 5.41) is 9.05. The highest BCUT2D eigenvalue weighted by Gasteiger charge is 2.14. The SMILES string of the molecule is Cc1cc(CS(=O)(=O)Nc2ccc(-c3ccc(F)cc3)cc2)ccc1C(=O)O. The van der Waals surface area contributed by atoms with Crippen molar-refractivity contribution in [3.05, 3.63) is 89.2 Å². The topological polar surface area (TPSA) is 83.5 Å². The third-order valence-corrected chi connectivity index (χ3v) is 5.47. The first-order chi connectivity index (χ1) is 13.2. The Hall–Kier alpha value is -3.19. The summed E-state index contributed by atoms with van der Waals surface area (Å²) in [7, 11) is -3.67. The maximum atomic E-state index is 13.0. The molecule has 0 spiro atoms. The van der Waals surface area contributed by atoms with E-state index in [2.05, 4.69) is 4.72 Å². The Morgan fingerprint density at radius 1 is 0.964 bits per heavy atom. The van der Waals surface area contributed by atoms with Gasteiger partial charge in [-0.05, 0) is 59.5 Å². The maximum absolute atomic E-state index is 13.0. The summed E-state index contributed by atoms with van der Waals surface area (Å²) < 4.78 is 40.4. The number of halogens is 1. The van der Waals surface area contributed by atoms with Crippen LogP contribution in [0.4, 0.5) is 10.1 Å². The summed E-state index contributed by atoms with van der Waals surface area (Å²) in [6.07, 6.45) is 0. The zero-order valence-electron chi connectivity index (χ0n) is 15.0. The van der Waals surface area contributed by atoms with Gasteiger partial charge < -0.3 is 5.11 Å². The molecule has 3 aromatic carbocycles. The van der Waals surface area contributed by atoms with Crippen LogP contribution in [0.3, 0.4) is 0 Å². The Labute approximate surface area is 162 Å². The monoisotopic (exact) mass is 399 g/mol. The van der Waals surface area contributed by atoms with E-state index in [-0.39, 0.29) is 17.1 Å². The molecule has 3 rings (SSSR count). The summed E-state index contributed by atoms with van der Waals surface area (Å²) in [6.45, 7) is 1.63. The van der Waals surface area contributed by atoms with Crippen LogP contribution in [-0.2, 0) is 15.8 Å². The number of hydrogen-bond donors (Lipinski definition) is 2. The molecule has 2 N–H and O–H groups in total. The molecule has 0 unspecified atom stereocenters. The highest BCUT2D eigenvalue weighted by Crippen LogP contribution is 2.23. The van der Waals surface area contributed by atoms with Gasteiger partial charge >= 0.3 is 5.97 Å². The molecule has 7 heteroatoms. The molecule has 0 saturated carbocycles. The average molecular weight is 399 g/mol. The van der Waals surface area contributed by atoms with Crippen LogP contribution in [0.2, 0.25) is 0 Å². The smallest absolute Gasteiger partial charge is 0.335 e. The molecular formula is C21H18FNO4S. The predicted molar refractivity (Wildman–Crippen MR) is 106 cm³/mol. The molecule has 0 aliphatic rings. The zero-order chi connectivity index (χ0) is 20.3. The standard InChI is InChI=1S/C21H18FNO4S/c1-14-12-15(2-11-20(14)21(24)25)13-28(26,27)23-19-9-5-17(6-10-19)16-3-7-18(22)8-4-16/h2-12,23H,13H2,1H3,(H,24,25). The first-order valence-corrected chi connectivity index (χ1v) is 10.1. The summed E-state index contributed by atoms with van der Waals surface area (Å²) in [5.74, 6) is -1.64. The summed E-state index contributed by atoms with van der Waals surface area (Å²) in [6, 6.07) is 17.2. The molecule has 0 radical (unpaired) electrons. The second-order valence-corrected chi connectivity index (χ2v) is 8.12. The number of carboxylic acids is 1. The summed E-state index contributed by atoms with van der Waals surface area (Å²) in [4.78, 5) is 11.1. The number of rotatable bonds is 6. The molecule has 0 saturated heterocycles. The molecule has 0 heterocycles. The first kappa shape index (κ1) is 19.6. The molecule has 0 aromatic heterocycles. The zero-order valence-corrected chi connectivity index (χ0v) is 15.8. The van der Waals surface area contributed by atoms with E-state index in [9.17, 15) is 17.6 Å². The van der Waals surface area contributed by atoms with Crippen molar-refractivity contribution in [1.82, 2.24) is 0 Å². The van der Waals surface area contributed by atoms with E-state index in [1.54, 1.807) is 49.4 Å². The van der Waals surface area contributed by atoms with Crippen molar-refractivity contribution in [1.29, 1.82) is 0 Å². The largest absolute Gasteiger partial charge is 0.478 e. The van der Waals surface area contributed by atoms with Crippen LogP contribution in [0.15, 0.2) is 66.7 Å². The highest BCUT2D eigenvalue weighted by atomic mass is 32.2. The van der Waals surface area contributed by atoms with E-state index in [4.69, 9.17) is 5.11 Å². The third-order valence-electron chi connectivity index (χ3n) is 4.21. The van der Waals surface area contributed by atoms with Gasteiger partial charge in [0, 0.05) is 5.69 Å². The van der Waals surface area contributed by atoms with Gasteiger partial charge in [-0.25, -0.2) is 17.6 Å². The van der Waals surface area contributed by atoms with Gasteiger partial charge in [-0.1, -0.05) is 36.4 Å². The number of anilines is 1. The van der Waals surface area contributed by atoms with Crippen molar-refractivity contribution in [3.63, 3.8) is 0 Å². The lowest BCUT2D eigenvalue weighted by Crippen LogP contribution is -2.15. The van der Waals surface area contributed by atoms with Gasteiger partial charge in [0.05, 0.1) is 11.3 Å². The van der Waals surface area contributed by atoms with Crippen LogP contribution >= 0.6 is 0 Å². The number of benzene rings is 3. The van der Waals surface area contributed by atoms with E-state index in [0.29, 0.717) is 16.8 Å². The molecular weight excluding hydrogens is 381 g/mol. The summed E-state index contributed by atoms with van der Waals surface area (Å²) in [5.41, 5.74) is 3.21. The fourth-order valence-electron chi connectivity index (χ4n) is 2.86. The normalized spacial score (nSPS) is 11.2. The van der Waals surface area contributed by atoms with Gasteiger partial charge in [0.25, 0.3) is 0 Å². The van der Waals surface area contributed by atoms with Crippen LogP contribution in [0.25, 0.3) is 11.1 Å². The molecule has 28 heavy (non-hydrogen) atoms. The molecule has 0 fully saturated rings. The molecule has 144 valence electrons. The number of carboxylic acid groups (broad SMARTS) is 1. The minimum atomic E-state index is -3.67. The van der Waals surface area contributed by atoms with Gasteiger partial charge in [0.15, 0.2) is 0 Å². The second kappa shape index (κ2) is 7.82. The van der Waals surface area contributed by atoms with Crippen LogP contribution in [-0.4, -0.2) is 19.5 Å². The van der Waals surface area contributed by atoms with E-state index < -0.39 is 16.0 Å². The number of aromatic carboxylic acids is 1. The van der Waals surface area contributed by atoms with E-state index >= 15 is 0 Å². The van der Waals surface area contributed by atoms with Crippen molar-refractivity contribution < 1.29 is 22.7 Å². The fraction of sp³-hybridized carbons (Fsp3) is 0.0952. The maximum Gasteiger partial charge on any atom is 0.335 e. The molecule has 0 bridgehead atoms. The van der Waals surface area contributed by atoms with E-state index in [1.807, 2.05) is 0 Å². The van der Waals surface area contributed by atoms with Crippen LogP contribution in [0.5, 0.6) is 0 Å². The number of sulfonamides is 1. The predicted octanol–water partition coefficient (Wildman–Crippen LogP) is 4.44. The van der Waals surface area contributed by atoms with Crippen LogP contribution < -0.4 is 4.72 Å². The van der Waals surface area contributed by atoms with Crippen molar-refractivity contribution in [2.24, 2.45) is 0 Å². The van der Waals surface area contributed by atoms with Crippen molar-refractivity contribution in [2.45, 2.75) is 12.7 Å². The average Bonchev–Trinajstić information content (AvgIpc) is 2.62. The fourth-order valence-corrected chi connectivity index (χ4v) is 4.05. The number of carbonyl (C=O) groups is 1. The molecule has 3 aromatic rings. The van der Waals surface area contributed by atoms with Gasteiger partial charge in [-0.3, -0.25) is 4.72 Å². The van der Waals surface area contributed by atoms with E-state index in [1.165, 1.54) is 24.3 Å². The molecule has 0 amide bonds. The number of hydrogen-bond acceptors (Lipinski definition) is 3. The molecule has 5 nitrogen and oxygen atoms in total. The lowest BCUT2D eigenvalue weighted by molar-refractivity contribution is 0.0696. The lowest BCUT2D eigenvalue weighted by atomic mass is 10.1. The minimum absolute atomic E-state index is 0.144. The summed E-state index contributed by atoms with van der Waals surface area (Å²) >= 11 is 0. The Bertz CT molecular complexity index is 1110. The van der Waals surface area contributed by atoms with Crippen LogP contribution in [0.1, 0.15) is 21.5 Å². The van der Waals surface area contributed by atoms with Crippen molar-refractivity contribution in [2.75, 3.05) is 4.72 Å². The Balaban J connectivity index is 1.72. The second-order valence-electron chi connectivity index (χ2n) is 6.40.